The van der Waals surface area contributed by atoms with Crippen molar-refractivity contribution in [1.82, 2.24) is 0 Å². The van der Waals surface area contributed by atoms with Gasteiger partial charge in [0.1, 0.15) is 5.75 Å². The van der Waals surface area contributed by atoms with Crippen LogP contribution in [-0.4, -0.2) is 21.9 Å². The first-order valence-corrected chi connectivity index (χ1v) is 5.76. The summed E-state index contributed by atoms with van der Waals surface area (Å²) in [5, 5.41) is 18.3. The van der Waals surface area contributed by atoms with Gasteiger partial charge in [0, 0.05) is 16.6 Å². The molecule has 2 N–H and O–H groups in total. The predicted molar refractivity (Wildman–Crippen MR) is 58.4 cm³/mol. The van der Waals surface area contributed by atoms with Crippen molar-refractivity contribution in [3.63, 3.8) is 0 Å². The summed E-state index contributed by atoms with van der Waals surface area (Å²) < 4.78 is 0. The van der Waals surface area contributed by atoms with Crippen molar-refractivity contribution in [2.75, 3.05) is 5.75 Å². The van der Waals surface area contributed by atoms with Gasteiger partial charge in [0.15, 0.2) is 0 Å². The Balaban J connectivity index is 2.35. The Morgan fingerprint density at radius 1 is 1.60 bits per heavy atom. The molecule has 0 aliphatic carbocycles. The van der Waals surface area contributed by atoms with Crippen molar-refractivity contribution in [2.45, 2.75) is 17.7 Å². The zero-order valence-electron chi connectivity index (χ0n) is 8.30. The van der Waals surface area contributed by atoms with Gasteiger partial charge in [-0.15, -0.1) is 11.8 Å². The van der Waals surface area contributed by atoms with E-state index in [2.05, 4.69) is 0 Å². The van der Waals surface area contributed by atoms with E-state index >= 15 is 0 Å². The molecule has 1 aliphatic rings. The van der Waals surface area contributed by atoms with Crippen LogP contribution < -0.4 is 0 Å². The van der Waals surface area contributed by atoms with Crippen LogP contribution in [0.4, 0.5) is 0 Å². The van der Waals surface area contributed by atoms with E-state index in [1.807, 2.05) is 6.07 Å². The highest BCUT2D eigenvalue weighted by Crippen LogP contribution is 2.44. The molecular weight excluding hydrogens is 212 g/mol. The van der Waals surface area contributed by atoms with Gasteiger partial charge < -0.3 is 10.2 Å². The fourth-order valence-corrected chi connectivity index (χ4v) is 3.18. The highest BCUT2D eigenvalue weighted by Gasteiger charge is 2.31. The topological polar surface area (TPSA) is 57.5 Å². The number of carbonyl (C=O) groups is 1. The molecule has 2 rings (SSSR count). The van der Waals surface area contributed by atoms with E-state index < -0.39 is 11.9 Å². The summed E-state index contributed by atoms with van der Waals surface area (Å²) >= 11 is 1.66. The molecule has 1 heterocycles. The molecular formula is C11H12O3S. The molecule has 0 spiro atoms. The van der Waals surface area contributed by atoms with Gasteiger partial charge in [-0.1, -0.05) is 6.92 Å². The number of benzene rings is 1. The first-order valence-electron chi connectivity index (χ1n) is 4.78. The lowest BCUT2D eigenvalue weighted by Crippen LogP contribution is -2.18. The molecule has 3 nitrogen and oxygen atoms in total. The maximum Gasteiger partial charge on any atom is 0.306 e. The van der Waals surface area contributed by atoms with Crippen molar-refractivity contribution in [3.8, 4) is 5.75 Å². The summed E-state index contributed by atoms with van der Waals surface area (Å²) in [5.41, 5.74) is 0.968. The number of fused-ring (bicyclic) bond motifs is 1. The summed E-state index contributed by atoms with van der Waals surface area (Å²) in [5.74, 6) is -0.183. The summed E-state index contributed by atoms with van der Waals surface area (Å²) in [4.78, 5) is 12.0. The lowest BCUT2D eigenvalue weighted by Gasteiger charge is -2.15. The highest BCUT2D eigenvalue weighted by atomic mass is 32.2. The smallest absolute Gasteiger partial charge is 0.306 e. The molecule has 4 heteroatoms. The number of rotatable bonds is 2. The zero-order chi connectivity index (χ0) is 11.0. The molecule has 0 fully saturated rings. The van der Waals surface area contributed by atoms with E-state index in [0.29, 0.717) is 0 Å². The number of aromatic hydroxyl groups is 1. The van der Waals surface area contributed by atoms with Gasteiger partial charge in [0.25, 0.3) is 0 Å². The monoisotopic (exact) mass is 224 g/mol. The molecule has 2 unspecified atom stereocenters. The number of thioether (sulfide) groups is 1. The van der Waals surface area contributed by atoms with E-state index in [-0.39, 0.29) is 11.7 Å². The largest absolute Gasteiger partial charge is 0.508 e. The van der Waals surface area contributed by atoms with Crippen molar-refractivity contribution in [2.24, 2.45) is 5.92 Å². The van der Waals surface area contributed by atoms with Crippen LogP contribution in [0.1, 0.15) is 18.4 Å². The molecule has 1 aliphatic heterocycles. The average Bonchev–Trinajstić information content (AvgIpc) is 2.59. The van der Waals surface area contributed by atoms with Crippen LogP contribution in [0.5, 0.6) is 5.75 Å². The third-order valence-electron chi connectivity index (χ3n) is 2.80. The lowest BCUT2D eigenvalue weighted by atomic mass is 9.89. The second kappa shape index (κ2) is 3.77. The van der Waals surface area contributed by atoms with Gasteiger partial charge in [-0.2, -0.15) is 0 Å². The summed E-state index contributed by atoms with van der Waals surface area (Å²) in [6.45, 7) is 1.71. The van der Waals surface area contributed by atoms with E-state index in [1.54, 1.807) is 30.8 Å². The Morgan fingerprint density at radius 3 is 3.00 bits per heavy atom. The van der Waals surface area contributed by atoms with Gasteiger partial charge in [-0.05, 0) is 23.8 Å². The van der Waals surface area contributed by atoms with Crippen molar-refractivity contribution in [1.29, 1.82) is 0 Å². The van der Waals surface area contributed by atoms with Crippen LogP contribution >= 0.6 is 11.8 Å². The molecule has 15 heavy (non-hydrogen) atoms. The summed E-state index contributed by atoms with van der Waals surface area (Å²) in [7, 11) is 0. The van der Waals surface area contributed by atoms with Crippen molar-refractivity contribution in [3.05, 3.63) is 23.8 Å². The van der Waals surface area contributed by atoms with Crippen molar-refractivity contribution < 1.29 is 15.0 Å². The molecule has 0 saturated heterocycles. The minimum Gasteiger partial charge on any atom is -0.508 e. The minimum atomic E-state index is -0.781. The first kappa shape index (κ1) is 10.4. The Labute approximate surface area is 92.1 Å². The second-order valence-electron chi connectivity index (χ2n) is 3.77. The Bertz CT molecular complexity index is 403. The van der Waals surface area contributed by atoms with Gasteiger partial charge in [-0.3, -0.25) is 4.79 Å². The average molecular weight is 224 g/mol. The van der Waals surface area contributed by atoms with Crippen LogP contribution in [0.2, 0.25) is 0 Å². The van der Waals surface area contributed by atoms with Gasteiger partial charge in [-0.25, -0.2) is 0 Å². The molecule has 0 radical (unpaired) electrons. The molecule has 1 aromatic rings. The maximum absolute atomic E-state index is 10.9. The number of phenolic OH excluding ortho intramolecular Hbond substituents is 1. The SMILES string of the molecule is CC(C(=O)O)C1CSc2ccc(O)cc21. The number of aliphatic carboxylic acids is 1. The van der Waals surface area contributed by atoms with Crippen LogP contribution in [0.25, 0.3) is 0 Å². The number of carboxylic acids is 1. The standard InChI is InChI=1S/C11H12O3S/c1-6(11(13)14)9-5-15-10-3-2-7(12)4-8(9)10/h2-4,6,9,12H,5H2,1H3,(H,13,14). The molecule has 0 aromatic heterocycles. The van der Waals surface area contributed by atoms with E-state index in [0.717, 1.165) is 16.2 Å². The molecule has 80 valence electrons. The Morgan fingerprint density at radius 2 is 2.33 bits per heavy atom. The molecule has 2 atom stereocenters. The third kappa shape index (κ3) is 1.81. The normalized spacial score (nSPS) is 21.0. The Kier molecular flexibility index (Phi) is 2.61. The predicted octanol–water partition coefficient (Wildman–Crippen LogP) is 2.30. The van der Waals surface area contributed by atoms with Crippen LogP contribution in [0.3, 0.4) is 0 Å². The van der Waals surface area contributed by atoms with Crippen LogP contribution in [0, 0.1) is 5.92 Å². The highest BCUT2D eigenvalue weighted by molar-refractivity contribution is 7.99. The van der Waals surface area contributed by atoms with Crippen LogP contribution in [0.15, 0.2) is 23.1 Å². The third-order valence-corrected chi connectivity index (χ3v) is 4.01. The fraction of sp³-hybridized carbons (Fsp3) is 0.364. The van der Waals surface area contributed by atoms with E-state index in [1.165, 1.54) is 0 Å². The van der Waals surface area contributed by atoms with Gasteiger partial charge in [0.2, 0.25) is 0 Å². The summed E-state index contributed by atoms with van der Waals surface area (Å²) in [6.07, 6.45) is 0. The quantitative estimate of drug-likeness (QED) is 0.809. The van der Waals surface area contributed by atoms with Gasteiger partial charge >= 0.3 is 5.97 Å². The number of hydrogen-bond donors (Lipinski definition) is 2. The Hall–Kier alpha value is -1.16. The fourth-order valence-electron chi connectivity index (χ4n) is 1.81. The molecule has 1 aromatic carbocycles. The number of carboxylic acid groups (broad SMARTS) is 1. The van der Waals surface area contributed by atoms with Crippen molar-refractivity contribution >= 4 is 17.7 Å². The molecule has 0 amide bonds. The molecule has 0 bridgehead atoms. The first-order chi connectivity index (χ1) is 7.09. The van der Waals surface area contributed by atoms with Gasteiger partial charge in [0.05, 0.1) is 5.92 Å². The number of phenols is 1. The zero-order valence-corrected chi connectivity index (χ0v) is 9.12. The summed E-state index contributed by atoms with van der Waals surface area (Å²) in [6, 6.07) is 5.17. The van der Waals surface area contributed by atoms with Crippen LogP contribution in [-0.2, 0) is 4.79 Å². The van der Waals surface area contributed by atoms with E-state index in [4.69, 9.17) is 5.11 Å². The number of hydrogen-bond acceptors (Lipinski definition) is 3. The maximum atomic E-state index is 10.9. The minimum absolute atomic E-state index is 0.00889. The van der Waals surface area contributed by atoms with E-state index in [9.17, 15) is 9.90 Å². The lowest BCUT2D eigenvalue weighted by molar-refractivity contribution is -0.141. The second-order valence-corrected chi connectivity index (χ2v) is 4.83. The molecule has 0 saturated carbocycles.